The van der Waals surface area contributed by atoms with Crippen LogP contribution in [0.15, 0.2) is 53.0 Å². The Labute approximate surface area is 148 Å². The molecule has 0 atom stereocenters. The van der Waals surface area contributed by atoms with Crippen LogP contribution in [0.3, 0.4) is 0 Å². The fraction of sp³-hybridized carbons (Fsp3) is 0.158. The second-order valence-electron chi connectivity index (χ2n) is 5.39. The van der Waals surface area contributed by atoms with E-state index in [2.05, 4.69) is 15.9 Å². The smallest absolute Gasteiger partial charge is 0.163 e. The van der Waals surface area contributed by atoms with Gasteiger partial charge in [-0.3, -0.25) is 9.59 Å². The zero-order chi connectivity index (χ0) is 17.5. The summed E-state index contributed by atoms with van der Waals surface area (Å²) in [6.45, 7) is 0. The number of hydrogen-bond acceptors (Lipinski definition) is 4. The Morgan fingerprint density at radius 2 is 1.67 bits per heavy atom. The molecule has 0 aliphatic rings. The molecule has 0 aliphatic carbocycles. The van der Waals surface area contributed by atoms with Gasteiger partial charge in [-0.2, -0.15) is 0 Å². The SMILES string of the molecule is O=C(/C=C/c1cc(O)ccc1Br)CC(=O)CCc1ccc(O)cc1. The van der Waals surface area contributed by atoms with E-state index in [9.17, 15) is 19.8 Å². The van der Waals surface area contributed by atoms with Crippen molar-refractivity contribution in [3.05, 3.63) is 64.1 Å². The summed E-state index contributed by atoms with van der Waals surface area (Å²) in [4.78, 5) is 23.7. The molecular formula is C19H17BrO4. The van der Waals surface area contributed by atoms with Gasteiger partial charge in [-0.25, -0.2) is 0 Å². The van der Waals surface area contributed by atoms with Crippen LogP contribution in [-0.4, -0.2) is 21.8 Å². The third-order valence-corrected chi connectivity index (χ3v) is 4.15. The van der Waals surface area contributed by atoms with E-state index >= 15 is 0 Å². The monoisotopic (exact) mass is 388 g/mol. The van der Waals surface area contributed by atoms with Crippen LogP contribution >= 0.6 is 15.9 Å². The van der Waals surface area contributed by atoms with Gasteiger partial charge in [0.1, 0.15) is 17.3 Å². The standard InChI is InChI=1S/C19H17BrO4/c20-19-10-9-16(22)11-14(19)4-8-18(24)12-17(23)7-3-13-1-5-15(21)6-2-13/h1-2,4-6,8-11,21-22H,3,7,12H2/b8-4+. The number of aromatic hydroxyl groups is 2. The molecule has 0 aliphatic heterocycles. The summed E-state index contributed by atoms with van der Waals surface area (Å²) in [5.41, 5.74) is 1.60. The fourth-order valence-electron chi connectivity index (χ4n) is 2.13. The zero-order valence-corrected chi connectivity index (χ0v) is 14.5. The largest absolute Gasteiger partial charge is 0.508 e. The minimum absolute atomic E-state index is 0.107. The summed E-state index contributed by atoms with van der Waals surface area (Å²) < 4.78 is 0.753. The van der Waals surface area contributed by atoms with Crippen LogP contribution in [0.4, 0.5) is 0 Å². The number of carbonyl (C=O) groups is 2. The molecule has 5 heteroatoms. The lowest BCUT2D eigenvalue weighted by atomic mass is 10.0. The van der Waals surface area contributed by atoms with E-state index in [0.29, 0.717) is 12.0 Å². The molecule has 24 heavy (non-hydrogen) atoms. The number of allylic oxidation sites excluding steroid dienone is 1. The van der Waals surface area contributed by atoms with Gasteiger partial charge in [0.15, 0.2) is 5.78 Å². The topological polar surface area (TPSA) is 74.6 Å². The summed E-state index contributed by atoms with van der Waals surface area (Å²) in [7, 11) is 0. The summed E-state index contributed by atoms with van der Waals surface area (Å²) in [5.74, 6) is -0.118. The summed E-state index contributed by atoms with van der Waals surface area (Å²) >= 11 is 3.33. The van der Waals surface area contributed by atoms with Crippen LogP contribution in [0.2, 0.25) is 0 Å². The highest BCUT2D eigenvalue weighted by molar-refractivity contribution is 9.10. The lowest BCUT2D eigenvalue weighted by molar-refractivity contribution is -0.124. The molecule has 0 unspecified atom stereocenters. The molecule has 124 valence electrons. The number of halogens is 1. The lowest BCUT2D eigenvalue weighted by Crippen LogP contribution is -2.06. The second kappa shape index (κ2) is 8.45. The number of hydrogen-bond donors (Lipinski definition) is 2. The molecule has 0 bridgehead atoms. The van der Waals surface area contributed by atoms with Crippen LogP contribution in [0.25, 0.3) is 6.08 Å². The maximum Gasteiger partial charge on any atom is 0.163 e. The maximum atomic E-state index is 11.9. The first-order valence-corrected chi connectivity index (χ1v) is 8.22. The van der Waals surface area contributed by atoms with Crippen molar-refractivity contribution < 1.29 is 19.8 Å². The molecule has 0 saturated heterocycles. The Kier molecular flexibility index (Phi) is 6.32. The Balaban J connectivity index is 1.85. The van der Waals surface area contributed by atoms with Crippen LogP contribution in [-0.2, 0) is 16.0 Å². The predicted molar refractivity (Wildman–Crippen MR) is 95.9 cm³/mol. The van der Waals surface area contributed by atoms with Gasteiger partial charge in [0.2, 0.25) is 0 Å². The molecular weight excluding hydrogens is 372 g/mol. The number of Topliss-reactive ketones (excluding diaryl/α,β-unsaturated/α-hetero) is 1. The van der Waals surface area contributed by atoms with E-state index in [1.807, 2.05) is 0 Å². The quantitative estimate of drug-likeness (QED) is 0.554. The minimum atomic E-state index is -0.277. The van der Waals surface area contributed by atoms with Gasteiger partial charge in [-0.1, -0.05) is 34.1 Å². The van der Waals surface area contributed by atoms with Crippen molar-refractivity contribution in [3.8, 4) is 11.5 Å². The average Bonchev–Trinajstić information content (AvgIpc) is 2.55. The molecule has 0 aromatic heterocycles. The molecule has 0 amide bonds. The van der Waals surface area contributed by atoms with E-state index in [4.69, 9.17) is 0 Å². The summed E-state index contributed by atoms with van der Waals surface area (Å²) in [6.07, 6.45) is 3.58. The summed E-state index contributed by atoms with van der Waals surface area (Å²) in [5, 5.41) is 18.6. The van der Waals surface area contributed by atoms with Gasteiger partial charge < -0.3 is 10.2 Å². The molecule has 2 N–H and O–H groups in total. The van der Waals surface area contributed by atoms with Gasteiger partial charge in [0.25, 0.3) is 0 Å². The number of phenols is 2. The molecule has 2 aromatic carbocycles. The van der Waals surface area contributed by atoms with Gasteiger partial charge in [0.05, 0.1) is 6.42 Å². The number of ketones is 2. The van der Waals surface area contributed by atoms with Crippen LogP contribution < -0.4 is 0 Å². The number of benzene rings is 2. The van der Waals surface area contributed by atoms with E-state index in [1.165, 1.54) is 18.2 Å². The zero-order valence-electron chi connectivity index (χ0n) is 12.9. The van der Waals surface area contributed by atoms with Gasteiger partial charge in [0, 0.05) is 10.9 Å². The lowest BCUT2D eigenvalue weighted by Gasteiger charge is -2.01. The Morgan fingerprint density at radius 1 is 1.00 bits per heavy atom. The molecule has 2 rings (SSSR count). The first-order chi connectivity index (χ1) is 11.4. The Bertz CT molecular complexity index is 763. The minimum Gasteiger partial charge on any atom is -0.508 e. The van der Waals surface area contributed by atoms with Crippen molar-refractivity contribution in [1.29, 1.82) is 0 Å². The Morgan fingerprint density at radius 3 is 2.38 bits per heavy atom. The second-order valence-corrected chi connectivity index (χ2v) is 6.24. The van der Waals surface area contributed by atoms with Gasteiger partial charge in [-0.15, -0.1) is 0 Å². The predicted octanol–water partition coefficient (Wildman–Crippen LogP) is 4.03. The van der Waals surface area contributed by atoms with Crippen molar-refractivity contribution in [1.82, 2.24) is 0 Å². The fourth-order valence-corrected chi connectivity index (χ4v) is 2.51. The van der Waals surface area contributed by atoms with E-state index in [1.54, 1.807) is 36.4 Å². The normalized spacial score (nSPS) is 10.9. The van der Waals surface area contributed by atoms with Gasteiger partial charge in [-0.05, 0) is 54.0 Å². The highest BCUT2D eigenvalue weighted by atomic mass is 79.9. The molecule has 0 saturated carbocycles. The number of aryl methyl sites for hydroxylation is 1. The maximum absolute atomic E-state index is 11.9. The number of rotatable bonds is 7. The highest BCUT2D eigenvalue weighted by Gasteiger charge is 2.08. The molecule has 0 heterocycles. The third-order valence-electron chi connectivity index (χ3n) is 3.43. The van der Waals surface area contributed by atoms with Crippen molar-refractivity contribution in [2.45, 2.75) is 19.3 Å². The third kappa shape index (κ3) is 5.66. The van der Waals surface area contributed by atoms with Crippen molar-refractivity contribution in [3.63, 3.8) is 0 Å². The van der Waals surface area contributed by atoms with Crippen molar-refractivity contribution in [2.75, 3.05) is 0 Å². The van der Waals surface area contributed by atoms with E-state index in [-0.39, 0.29) is 35.9 Å². The van der Waals surface area contributed by atoms with Crippen LogP contribution in [0, 0.1) is 0 Å². The van der Waals surface area contributed by atoms with Gasteiger partial charge >= 0.3 is 0 Å². The average molecular weight is 389 g/mol. The first-order valence-electron chi connectivity index (χ1n) is 7.43. The molecule has 4 nitrogen and oxygen atoms in total. The van der Waals surface area contributed by atoms with Crippen LogP contribution in [0.1, 0.15) is 24.0 Å². The van der Waals surface area contributed by atoms with E-state index in [0.717, 1.165) is 10.0 Å². The first kappa shape index (κ1) is 17.9. The van der Waals surface area contributed by atoms with E-state index < -0.39 is 0 Å². The number of carbonyl (C=O) groups excluding carboxylic acids is 2. The molecule has 0 spiro atoms. The summed E-state index contributed by atoms with van der Waals surface area (Å²) in [6, 6.07) is 11.4. The molecule has 0 radical (unpaired) electrons. The van der Waals surface area contributed by atoms with Crippen molar-refractivity contribution >= 4 is 33.6 Å². The number of phenolic OH excluding ortho intramolecular Hbond substituents is 2. The molecule has 0 fully saturated rings. The Hall–Kier alpha value is -2.40. The highest BCUT2D eigenvalue weighted by Crippen LogP contribution is 2.23. The van der Waals surface area contributed by atoms with Crippen molar-refractivity contribution in [2.24, 2.45) is 0 Å². The van der Waals surface area contributed by atoms with Crippen LogP contribution in [0.5, 0.6) is 11.5 Å². The molecule has 2 aromatic rings.